The largest absolute Gasteiger partial charge is 0.390 e. The van der Waals surface area contributed by atoms with Crippen LogP contribution in [-0.2, 0) is 0 Å². The van der Waals surface area contributed by atoms with Crippen molar-refractivity contribution < 1.29 is 10.2 Å². The molecule has 0 saturated heterocycles. The van der Waals surface area contributed by atoms with Gasteiger partial charge >= 0.3 is 0 Å². The fraction of sp³-hybridized carbons (Fsp3) is 0.400. The van der Waals surface area contributed by atoms with E-state index in [9.17, 15) is 10.2 Å². The van der Waals surface area contributed by atoms with Crippen LogP contribution in [0.4, 0.5) is 0 Å². The van der Waals surface area contributed by atoms with Crippen LogP contribution in [0.3, 0.4) is 0 Å². The Bertz CT molecular complexity index is 471. The zero-order valence-corrected chi connectivity index (χ0v) is 8.69. The van der Waals surface area contributed by atoms with E-state index in [2.05, 4.69) is 10.1 Å². The summed E-state index contributed by atoms with van der Waals surface area (Å²) in [5.74, 6) is 0. The van der Waals surface area contributed by atoms with Crippen molar-refractivity contribution in [3.8, 4) is 0 Å². The third-order valence-corrected chi connectivity index (χ3v) is 2.45. The number of hydrogen-bond donors (Lipinski definition) is 3. The fourth-order valence-corrected chi connectivity index (χ4v) is 1.59. The van der Waals surface area contributed by atoms with Crippen LogP contribution in [0, 0.1) is 0 Å². The summed E-state index contributed by atoms with van der Waals surface area (Å²) in [5, 5.41) is 23.6. The Morgan fingerprint density at radius 1 is 1.44 bits per heavy atom. The van der Waals surface area contributed by atoms with E-state index < -0.39 is 12.2 Å². The van der Waals surface area contributed by atoms with Crippen molar-refractivity contribution in [1.29, 1.82) is 0 Å². The number of aliphatic hydroxyl groups is 2. The Labute approximate surface area is 92.3 Å². The summed E-state index contributed by atoms with van der Waals surface area (Å²) in [4.78, 5) is 4.10. The summed E-state index contributed by atoms with van der Waals surface area (Å²) in [6.07, 6.45) is 3.30. The monoisotopic (exact) mass is 222 g/mol. The van der Waals surface area contributed by atoms with Crippen molar-refractivity contribution in [2.24, 2.45) is 5.73 Å². The second-order valence-electron chi connectivity index (χ2n) is 3.58. The minimum absolute atomic E-state index is 0.324. The van der Waals surface area contributed by atoms with Crippen LogP contribution in [0.5, 0.6) is 0 Å². The van der Waals surface area contributed by atoms with Crippen molar-refractivity contribution in [3.63, 3.8) is 0 Å². The van der Waals surface area contributed by atoms with Gasteiger partial charge in [-0.3, -0.25) is 0 Å². The van der Waals surface area contributed by atoms with Crippen LogP contribution >= 0.6 is 0 Å². The molecule has 0 saturated carbocycles. The second-order valence-corrected chi connectivity index (χ2v) is 3.58. The number of aromatic nitrogens is 3. The van der Waals surface area contributed by atoms with Crippen molar-refractivity contribution >= 4 is 5.65 Å². The third-order valence-electron chi connectivity index (χ3n) is 2.45. The van der Waals surface area contributed by atoms with Gasteiger partial charge in [-0.25, -0.2) is 9.50 Å². The van der Waals surface area contributed by atoms with Crippen LogP contribution in [-0.4, -0.2) is 37.5 Å². The average molecular weight is 222 g/mol. The first kappa shape index (κ1) is 11.0. The van der Waals surface area contributed by atoms with Gasteiger partial charge in [-0.15, -0.1) is 0 Å². The molecule has 6 heteroatoms. The van der Waals surface area contributed by atoms with Crippen LogP contribution in [0.1, 0.15) is 18.1 Å². The van der Waals surface area contributed by atoms with E-state index in [1.54, 1.807) is 23.0 Å². The van der Waals surface area contributed by atoms with E-state index >= 15 is 0 Å². The van der Waals surface area contributed by atoms with Crippen molar-refractivity contribution in [1.82, 2.24) is 14.6 Å². The molecule has 2 aromatic heterocycles. The normalized spacial score (nSPS) is 15.2. The van der Waals surface area contributed by atoms with E-state index in [-0.39, 0.29) is 0 Å². The molecule has 2 rings (SSSR count). The molecule has 0 aliphatic carbocycles. The lowest BCUT2D eigenvalue weighted by molar-refractivity contribution is 0.0157. The maximum absolute atomic E-state index is 9.91. The highest BCUT2D eigenvalue weighted by atomic mass is 16.3. The zero-order valence-electron chi connectivity index (χ0n) is 8.69. The molecular weight excluding hydrogens is 208 g/mol. The van der Waals surface area contributed by atoms with E-state index in [1.165, 1.54) is 6.20 Å². The molecule has 0 fully saturated rings. The topological polar surface area (TPSA) is 96.7 Å². The van der Waals surface area contributed by atoms with Crippen LogP contribution < -0.4 is 5.73 Å². The van der Waals surface area contributed by atoms with Crippen LogP contribution in [0.2, 0.25) is 0 Å². The van der Waals surface area contributed by atoms with Gasteiger partial charge in [0.15, 0.2) is 5.65 Å². The lowest BCUT2D eigenvalue weighted by Crippen LogP contribution is -2.21. The first-order valence-electron chi connectivity index (χ1n) is 5.08. The lowest BCUT2D eigenvalue weighted by atomic mass is 10.1. The molecule has 2 atom stereocenters. The van der Waals surface area contributed by atoms with Crippen molar-refractivity contribution in [3.05, 3.63) is 30.2 Å². The number of aliphatic hydroxyl groups excluding tert-OH is 2. The predicted octanol–water partition coefficient (Wildman–Crippen LogP) is -0.528. The second kappa shape index (κ2) is 4.56. The first-order chi connectivity index (χ1) is 7.74. The van der Waals surface area contributed by atoms with Gasteiger partial charge in [0, 0.05) is 18.0 Å². The Morgan fingerprint density at radius 3 is 3.00 bits per heavy atom. The molecule has 2 aromatic rings. The van der Waals surface area contributed by atoms with E-state index in [0.717, 1.165) is 0 Å². The van der Waals surface area contributed by atoms with Gasteiger partial charge in [0.2, 0.25) is 0 Å². The molecule has 2 unspecified atom stereocenters. The van der Waals surface area contributed by atoms with Crippen molar-refractivity contribution in [2.45, 2.75) is 18.6 Å². The minimum Gasteiger partial charge on any atom is -0.390 e. The smallest absolute Gasteiger partial charge is 0.160 e. The van der Waals surface area contributed by atoms with Gasteiger partial charge in [-0.2, -0.15) is 5.10 Å². The molecule has 0 bridgehead atoms. The van der Waals surface area contributed by atoms with Gasteiger partial charge in [-0.05, 0) is 19.0 Å². The van der Waals surface area contributed by atoms with Crippen LogP contribution in [0.15, 0.2) is 24.7 Å². The first-order valence-corrected chi connectivity index (χ1v) is 5.08. The van der Waals surface area contributed by atoms with E-state index in [1.807, 2.05) is 0 Å². The summed E-state index contributed by atoms with van der Waals surface area (Å²) < 4.78 is 1.55. The fourth-order valence-electron chi connectivity index (χ4n) is 1.59. The molecule has 0 aliphatic heterocycles. The maximum Gasteiger partial charge on any atom is 0.160 e. The molecular formula is C10H14N4O2. The minimum atomic E-state index is -1.00. The highest BCUT2D eigenvalue weighted by Gasteiger charge is 2.21. The summed E-state index contributed by atoms with van der Waals surface area (Å²) >= 11 is 0. The Kier molecular flexibility index (Phi) is 3.14. The highest BCUT2D eigenvalue weighted by Crippen LogP contribution is 2.21. The maximum atomic E-state index is 9.91. The summed E-state index contributed by atoms with van der Waals surface area (Å²) in [6.45, 7) is 0.324. The van der Waals surface area contributed by atoms with E-state index in [0.29, 0.717) is 24.2 Å². The zero-order chi connectivity index (χ0) is 11.5. The number of nitrogens with two attached hydrogens (primary N) is 1. The van der Waals surface area contributed by atoms with Gasteiger partial charge in [-0.1, -0.05) is 0 Å². The molecule has 16 heavy (non-hydrogen) atoms. The van der Waals surface area contributed by atoms with Gasteiger partial charge in [0.05, 0.1) is 12.3 Å². The summed E-state index contributed by atoms with van der Waals surface area (Å²) in [7, 11) is 0. The van der Waals surface area contributed by atoms with Crippen molar-refractivity contribution in [2.75, 3.05) is 6.54 Å². The van der Waals surface area contributed by atoms with Gasteiger partial charge < -0.3 is 15.9 Å². The number of fused-ring (bicyclic) bond motifs is 1. The third kappa shape index (κ3) is 1.90. The molecule has 4 N–H and O–H groups in total. The summed E-state index contributed by atoms with van der Waals surface area (Å²) in [6, 6.07) is 1.74. The standard InChI is InChI=1S/C10H14N4O2/c11-3-2-8(15)9(16)7-6-13-14-5-1-4-12-10(7)14/h1,4-6,8-9,15-16H,2-3,11H2. The molecule has 0 radical (unpaired) electrons. The molecule has 86 valence electrons. The molecule has 0 aliphatic rings. The quantitative estimate of drug-likeness (QED) is 0.646. The molecule has 6 nitrogen and oxygen atoms in total. The number of nitrogens with zero attached hydrogens (tertiary/aromatic N) is 3. The molecule has 0 aromatic carbocycles. The van der Waals surface area contributed by atoms with Gasteiger partial charge in [0.1, 0.15) is 6.10 Å². The Morgan fingerprint density at radius 2 is 2.25 bits per heavy atom. The Balaban J connectivity index is 2.32. The van der Waals surface area contributed by atoms with Gasteiger partial charge in [0.25, 0.3) is 0 Å². The SMILES string of the molecule is NCCC(O)C(O)c1cnn2cccnc12. The lowest BCUT2D eigenvalue weighted by Gasteiger charge is -2.15. The molecule has 2 heterocycles. The Hall–Kier alpha value is -1.50. The average Bonchev–Trinajstić information content (AvgIpc) is 2.72. The number of rotatable bonds is 4. The predicted molar refractivity (Wildman–Crippen MR) is 57.6 cm³/mol. The summed E-state index contributed by atoms with van der Waals surface area (Å²) in [5.41, 5.74) is 6.39. The molecule has 0 spiro atoms. The van der Waals surface area contributed by atoms with Crippen LogP contribution in [0.25, 0.3) is 5.65 Å². The van der Waals surface area contributed by atoms with E-state index in [4.69, 9.17) is 5.73 Å². The molecule has 0 amide bonds. The number of hydrogen-bond acceptors (Lipinski definition) is 5. The highest BCUT2D eigenvalue weighted by molar-refractivity contribution is 5.47.